The maximum atomic E-state index is 11.2. The Bertz CT molecular complexity index is 406. The lowest BCUT2D eigenvalue weighted by Gasteiger charge is -2.14. The average Bonchev–Trinajstić information content (AvgIpc) is 2.28. The van der Waals surface area contributed by atoms with Crippen LogP contribution < -0.4 is 16.4 Å². The predicted octanol–water partition coefficient (Wildman–Crippen LogP) is 1.75. The molecule has 0 saturated heterocycles. The van der Waals surface area contributed by atoms with Crippen LogP contribution in [0, 0.1) is 0 Å². The van der Waals surface area contributed by atoms with Crippen molar-refractivity contribution in [2.75, 3.05) is 10.6 Å². The second-order valence-corrected chi connectivity index (χ2v) is 4.09. The van der Waals surface area contributed by atoms with E-state index in [1.807, 2.05) is 19.1 Å². The quantitative estimate of drug-likeness (QED) is 0.740. The Hall–Kier alpha value is -1.56. The van der Waals surface area contributed by atoms with Crippen LogP contribution in [0.1, 0.15) is 18.5 Å². The number of hydrogen-bond donors (Lipinski definition) is 3. The molecule has 17 heavy (non-hydrogen) atoms. The third-order valence-electron chi connectivity index (χ3n) is 2.18. The fourth-order valence-electron chi connectivity index (χ4n) is 1.36. The molecule has 92 valence electrons. The van der Waals surface area contributed by atoms with Crippen molar-refractivity contribution in [1.29, 1.82) is 0 Å². The molecule has 0 radical (unpaired) electrons. The monoisotopic (exact) mass is 299 g/mol. The van der Waals surface area contributed by atoms with Crippen LogP contribution in [0.3, 0.4) is 0 Å². The van der Waals surface area contributed by atoms with Gasteiger partial charge >= 0.3 is 6.03 Å². The fourth-order valence-corrected chi connectivity index (χ4v) is 1.52. The van der Waals surface area contributed by atoms with Gasteiger partial charge in [0.1, 0.15) is 0 Å². The summed E-state index contributed by atoms with van der Waals surface area (Å²) in [5.74, 6) is -0.0724. The van der Waals surface area contributed by atoms with Gasteiger partial charge in [-0.25, -0.2) is 4.79 Å². The van der Waals surface area contributed by atoms with Crippen molar-refractivity contribution < 1.29 is 9.59 Å². The van der Waals surface area contributed by atoms with E-state index >= 15 is 0 Å². The molecule has 1 aromatic rings. The number of carbonyl (C=O) groups excluding carboxylic acids is 2. The number of anilines is 1. The number of nitrogens with two attached hydrogens (primary N) is 1. The number of primary amides is 1. The first kappa shape index (κ1) is 13.5. The van der Waals surface area contributed by atoms with Crippen LogP contribution in [0.15, 0.2) is 24.3 Å². The first-order valence-electron chi connectivity index (χ1n) is 5.04. The number of rotatable bonds is 4. The standard InChI is InChI=1S/C11H14BrN3O2/c1-7(14-10(16)6-12)8-2-4-9(5-3-8)15-11(13)17/h2-5,7H,6H2,1H3,(H,14,16)(H3,13,15,17). The highest BCUT2D eigenvalue weighted by molar-refractivity contribution is 9.09. The van der Waals surface area contributed by atoms with E-state index < -0.39 is 6.03 Å². The molecule has 4 N–H and O–H groups in total. The van der Waals surface area contributed by atoms with E-state index in [0.29, 0.717) is 5.69 Å². The second-order valence-electron chi connectivity index (χ2n) is 3.53. The van der Waals surface area contributed by atoms with E-state index in [-0.39, 0.29) is 17.3 Å². The first-order valence-corrected chi connectivity index (χ1v) is 6.17. The van der Waals surface area contributed by atoms with Gasteiger partial charge in [0, 0.05) is 5.69 Å². The SMILES string of the molecule is CC(NC(=O)CBr)c1ccc(NC(N)=O)cc1. The summed E-state index contributed by atoms with van der Waals surface area (Å²) in [6.45, 7) is 1.89. The van der Waals surface area contributed by atoms with Crippen LogP contribution >= 0.6 is 15.9 Å². The molecule has 6 heteroatoms. The summed E-state index contributed by atoms with van der Waals surface area (Å²) in [5.41, 5.74) is 6.57. The Morgan fingerprint density at radius 2 is 1.94 bits per heavy atom. The molecule has 0 fully saturated rings. The summed E-state index contributed by atoms with van der Waals surface area (Å²) < 4.78 is 0. The molecule has 0 heterocycles. The van der Waals surface area contributed by atoms with Crippen LogP contribution in [0.2, 0.25) is 0 Å². The summed E-state index contributed by atoms with van der Waals surface area (Å²) in [4.78, 5) is 21.8. The van der Waals surface area contributed by atoms with Crippen LogP contribution in [0.25, 0.3) is 0 Å². The Morgan fingerprint density at radius 3 is 2.41 bits per heavy atom. The van der Waals surface area contributed by atoms with Crippen molar-refractivity contribution in [3.05, 3.63) is 29.8 Å². The number of carbonyl (C=O) groups is 2. The van der Waals surface area contributed by atoms with Crippen molar-refractivity contribution in [2.24, 2.45) is 5.73 Å². The molecule has 0 saturated carbocycles. The Labute approximate surface area is 108 Å². The van der Waals surface area contributed by atoms with Crippen LogP contribution in [0.5, 0.6) is 0 Å². The van der Waals surface area contributed by atoms with Crippen molar-refractivity contribution in [2.45, 2.75) is 13.0 Å². The van der Waals surface area contributed by atoms with E-state index in [0.717, 1.165) is 5.56 Å². The summed E-state index contributed by atoms with van der Waals surface area (Å²) in [6, 6.07) is 6.43. The van der Waals surface area contributed by atoms with E-state index in [1.54, 1.807) is 12.1 Å². The van der Waals surface area contributed by atoms with Crippen molar-refractivity contribution in [1.82, 2.24) is 5.32 Å². The maximum absolute atomic E-state index is 11.2. The number of benzene rings is 1. The highest BCUT2D eigenvalue weighted by Gasteiger charge is 2.08. The van der Waals surface area contributed by atoms with E-state index in [1.165, 1.54) is 0 Å². The van der Waals surface area contributed by atoms with Crippen LogP contribution in [-0.2, 0) is 4.79 Å². The van der Waals surface area contributed by atoms with Gasteiger partial charge in [0.05, 0.1) is 11.4 Å². The number of alkyl halides is 1. The molecule has 3 amide bonds. The molecular weight excluding hydrogens is 286 g/mol. The van der Waals surface area contributed by atoms with Gasteiger partial charge in [-0.1, -0.05) is 28.1 Å². The maximum Gasteiger partial charge on any atom is 0.316 e. The van der Waals surface area contributed by atoms with E-state index in [9.17, 15) is 9.59 Å². The highest BCUT2D eigenvalue weighted by atomic mass is 79.9. The molecule has 0 spiro atoms. The zero-order valence-corrected chi connectivity index (χ0v) is 11.0. The molecule has 1 atom stereocenters. The van der Waals surface area contributed by atoms with E-state index in [4.69, 9.17) is 5.73 Å². The Morgan fingerprint density at radius 1 is 1.35 bits per heavy atom. The molecular formula is C11H14BrN3O2. The minimum Gasteiger partial charge on any atom is -0.351 e. The minimum absolute atomic E-state index is 0.0724. The zero-order valence-electron chi connectivity index (χ0n) is 9.37. The molecule has 1 aromatic carbocycles. The third-order valence-corrected chi connectivity index (χ3v) is 2.69. The van der Waals surface area contributed by atoms with Crippen LogP contribution in [-0.4, -0.2) is 17.3 Å². The molecule has 1 rings (SSSR count). The lowest BCUT2D eigenvalue weighted by atomic mass is 10.1. The van der Waals surface area contributed by atoms with Gasteiger partial charge in [-0.05, 0) is 24.6 Å². The third kappa shape index (κ3) is 4.44. The summed E-state index contributed by atoms with van der Waals surface area (Å²) in [6.07, 6.45) is 0. The van der Waals surface area contributed by atoms with E-state index in [2.05, 4.69) is 26.6 Å². The minimum atomic E-state index is -0.599. The van der Waals surface area contributed by atoms with Gasteiger partial charge in [0.15, 0.2) is 0 Å². The first-order chi connectivity index (χ1) is 8.02. The van der Waals surface area contributed by atoms with Gasteiger partial charge in [-0.3, -0.25) is 4.79 Å². The second kappa shape index (κ2) is 6.24. The molecule has 0 aromatic heterocycles. The molecule has 0 aliphatic carbocycles. The topological polar surface area (TPSA) is 84.2 Å². The molecule has 0 aliphatic rings. The number of hydrogen-bond acceptors (Lipinski definition) is 2. The summed E-state index contributed by atoms with van der Waals surface area (Å²) in [5, 5.41) is 5.55. The van der Waals surface area contributed by atoms with Gasteiger partial charge in [-0.2, -0.15) is 0 Å². The average molecular weight is 300 g/mol. The Balaban J connectivity index is 2.66. The highest BCUT2D eigenvalue weighted by Crippen LogP contribution is 2.15. The number of halogens is 1. The summed E-state index contributed by atoms with van der Waals surface area (Å²) in [7, 11) is 0. The lowest BCUT2D eigenvalue weighted by molar-refractivity contribution is -0.119. The number of nitrogens with one attached hydrogen (secondary N) is 2. The van der Waals surface area contributed by atoms with Gasteiger partial charge < -0.3 is 16.4 Å². The zero-order chi connectivity index (χ0) is 12.8. The molecule has 1 unspecified atom stereocenters. The lowest BCUT2D eigenvalue weighted by Crippen LogP contribution is -2.27. The Kier molecular flexibility index (Phi) is 4.96. The van der Waals surface area contributed by atoms with Gasteiger partial charge in [-0.15, -0.1) is 0 Å². The van der Waals surface area contributed by atoms with Crippen molar-refractivity contribution in [3.63, 3.8) is 0 Å². The van der Waals surface area contributed by atoms with Gasteiger partial charge in [0.2, 0.25) is 5.91 Å². The number of amides is 3. The molecule has 0 bridgehead atoms. The smallest absolute Gasteiger partial charge is 0.316 e. The largest absolute Gasteiger partial charge is 0.351 e. The molecule has 5 nitrogen and oxygen atoms in total. The fraction of sp³-hybridized carbons (Fsp3) is 0.273. The number of urea groups is 1. The molecule has 0 aliphatic heterocycles. The van der Waals surface area contributed by atoms with Crippen LogP contribution in [0.4, 0.5) is 10.5 Å². The van der Waals surface area contributed by atoms with Crippen molar-refractivity contribution >= 4 is 33.6 Å². The van der Waals surface area contributed by atoms with Crippen molar-refractivity contribution in [3.8, 4) is 0 Å². The predicted molar refractivity (Wildman–Crippen MR) is 70.0 cm³/mol. The van der Waals surface area contributed by atoms with Gasteiger partial charge in [0.25, 0.3) is 0 Å². The summed E-state index contributed by atoms with van der Waals surface area (Å²) >= 11 is 3.08. The normalized spacial score (nSPS) is 11.6.